The van der Waals surface area contributed by atoms with Crippen molar-refractivity contribution < 1.29 is 13.9 Å². The summed E-state index contributed by atoms with van der Waals surface area (Å²) in [5.74, 6) is -1.14. The smallest absolute Gasteiger partial charge is 0.126 e. The van der Waals surface area contributed by atoms with E-state index in [1.54, 1.807) is 11.3 Å². The number of aliphatic hydroxyl groups excluding tert-OH is 1. The van der Waals surface area contributed by atoms with Crippen LogP contribution in [0, 0.1) is 11.6 Å². The van der Waals surface area contributed by atoms with Crippen LogP contribution in [0.15, 0.2) is 34.1 Å². The van der Waals surface area contributed by atoms with E-state index in [0.717, 1.165) is 22.7 Å². The van der Waals surface area contributed by atoms with E-state index >= 15 is 0 Å². The van der Waals surface area contributed by atoms with E-state index in [2.05, 4.69) is 33.4 Å². The first-order chi connectivity index (χ1) is 12.5. The minimum absolute atomic E-state index is 0.0686. The predicted octanol–water partition coefficient (Wildman–Crippen LogP) is 5.53. The monoisotopic (exact) mass is 443 g/mol. The number of nitrogens with one attached hydrogen (secondary N) is 1. The molecule has 1 aromatic carbocycles. The normalized spacial score (nSPS) is 18.0. The minimum Gasteiger partial charge on any atom is -0.392 e. The highest BCUT2D eigenvalue weighted by atomic mass is 79.9. The molecule has 6 heteroatoms. The van der Waals surface area contributed by atoms with Crippen LogP contribution in [-0.2, 0) is 12.0 Å². The average Bonchev–Trinajstić information content (AvgIpc) is 3.05. The molecule has 0 amide bonds. The summed E-state index contributed by atoms with van der Waals surface area (Å²) in [6, 6.07) is 7.76. The molecule has 2 aromatic rings. The van der Waals surface area contributed by atoms with Crippen molar-refractivity contribution in [2.45, 2.75) is 56.6 Å². The molecule has 1 aliphatic carbocycles. The van der Waals surface area contributed by atoms with Gasteiger partial charge in [0.2, 0.25) is 0 Å². The van der Waals surface area contributed by atoms with Crippen LogP contribution in [0.25, 0.3) is 0 Å². The van der Waals surface area contributed by atoms with Gasteiger partial charge in [0.25, 0.3) is 0 Å². The summed E-state index contributed by atoms with van der Waals surface area (Å²) in [4.78, 5) is 1.31. The van der Waals surface area contributed by atoms with Crippen LogP contribution >= 0.6 is 27.3 Å². The SMILES string of the molecule is OC(CCc1cc(F)cc(F)c1)CNC1(c2ccc(Br)s2)CCCCC1. The molecule has 26 heavy (non-hydrogen) atoms. The first-order valence-electron chi connectivity index (χ1n) is 9.11. The van der Waals surface area contributed by atoms with Crippen molar-refractivity contribution in [1.29, 1.82) is 0 Å². The van der Waals surface area contributed by atoms with Crippen LogP contribution in [0.1, 0.15) is 49.0 Å². The molecule has 3 rings (SSSR count). The molecule has 142 valence electrons. The first kappa shape index (κ1) is 19.9. The van der Waals surface area contributed by atoms with Crippen LogP contribution in [-0.4, -0.2) is 17.8 Å². The molecule has 0 spiro atoms. The van der Waals surface area contributed by atoms with Gasteiger partial charge in [-0.3, -0.25) is 0 Å². The molecule has 0 saturated heterocycles. The van der Waals surface area contributed by atoms with Crippen molar-refractivity contribution in [2.24, 2.45) is 0 Å². The summed E-state index contributed by atoms with van der Waals surface area (Å²) in [5.41, 5.74) is 0.511. The molecular formula is C20H24BrF2NOS. The second-order valence-electron chi connectivity index (χ2n) is 7.10. The minimum atomic E-state index is -0.572. The third kappa shape index (κ3) is 5.12. The molecule has 2 nitrogen and oxygen atoms in total. The van der Waals surface area contributed by atoms with E-state index < -0.39 is 17.7 Å². The van der Waals surface area contributed by atoms with Crippen molar-refractivity contribution in [3.8, 4) is 0 Å². The van der Waals surface area contributed by atoms with Gasteiger partial charge in [0.1, 0.15) is 11.6 Å². The fourth-order valence-corrected chi connectivity index (χ4v) is 5.35. The topological polar surface area (TPSA) is 32.3 Å². The number of benzene rings is 1. The summed E-state index contributed by atoms with van der Waals surface area (Å²) in [5, 5.41) is 14.0. The Bertz CT molecular complexity index is 710. The Hall–Kier alpha value is -0.820. The van der Waals surface area contributed by atoms with Gasteiger partial charge < -0.3 is 10.4 Å². The van der Waals surface area contributed by atoms with E-state index in [9.17, 15) is 13.9 Å². The van der Waals surface area contributed by atoms with Crippen molar-refractivity contribution >= 4 is 27.3 Å². The molecule has 1 heterocycles. The molecule has 1 aliphatic rings. The van der Waals surface area contributed by atoms with Gasteiger partial charge in [-0.1, -0.05) is 19.3 Å². The van der Waals surface area contributed by atoms with E-state index in [-0.39, 0.29) is 5.54 Å². The van der Waals surface area contributed by atoms with E-state index in [1.807, 2.05) is 0 Å². The maximum Gasteiger partial charge on any atom is 0.126 e. The van der Waals surface area contributed by atoms with Gasteiger partial charge in [-0.05, 0) is 71.4 Å². The van der Waals surface area contributed by atoms with Crippen molar-refractivity contribution in [2.75, 3.05) is 6.54 Å². The third-order valence-electron chi connectivity index (χ3n) is 5.12. The lowest BCUT2D eigenvalue weighted by molar-refractivity contribution is 0.133. The lowest BCUT2D eigenvalue weighted by atomic mass is 9.80. The summed E-state index contributed by atoms with van der Waals surface area (Å²) in [6.45, 7) is 0.479. The third-order valence-corrected chi connectivity index (χ3v) is 6.94. The number of thiophene rings is 1. The van der Waals surface area contributed by atoms with Crippen LogP contribution in [0.5, 0.6) is 0 Å². The molecule has 1 saturated carbocycles. The van der Waals surface area contributed by atoms with Gasteiger partial charge in [0.15, 0.2) is 0 Å². The number of aryl methyl sites for hydroxylation is 1. The highest BCUT2D eigenvalue weighted by Gasteiger charge is 2.35. The van der Waals surface area contributed by atoms with Gasteiger partial charge in [-0.15, -0.1) is 11.3 Å². The first-order valence-corrected chi connectivity index (χ1v) is 10.7. The van der Waals surface area contributed by atoms with Crippen LogP contribution in [0.4, 0.5) is 8.78 Å². The summed E-state index contributed by atoms with van der Waals surface area (Å²) in [6.07, 6.45) is 6.13. The van der Waals surface area contributed by atoms with Crippen molar-refractivity contribution in [3.05, 3.63) is 56.2 Å². The molecule has 1 unspecified atom stereocenters. The van der Waals surface area contributed by atoms with E-state index in [0.29, 0.717) is 24.9 Å². The van der Waals surface area contributed by atoms with Gasteiger partial charge >= 0.3 is 0 Å². The van der Waals surface area contributed by atoms with E-state index in [4.69, 9.17) is 0 Å². The largest absolute Gasteiger partial charge is 0.392 e. The Labute approximate surface area is 165 Å². The fraction of sp³-hybridized carbons (Fsp3) is 0.500. The van der Waals surface area contributed by atoms with E-state index in [1.165, 1.54) is 36.3 Å². The van der Waals surface area contributed by atoms with Crippen LogP contribution < -0.4 is 5.32 Å². The maximum atomic E-state index is 13.3. The number of hydrogen-bond donors (Lipinski definition) is 2. The van der Waals surface area contributed by atoms with Gasteiger partial charge in [-0.25, -0.2) is 8.78 Å². The second-order valence-corrected chi connectivity index (χ2v) is 9.56. The predicted molar refractivity (Wildman–Crippen MR) is 105 cm³/mol. The van der Waals surface area contributed by atoms with Crippen molar-refractivity contribution in [3.63, 3.8) is 0 Å². The number of aliphatic hydroxyl groups is 1. The molecule has 0 bridgehead atoms. The Morgan fingerprint density at radius 2 is 1.81 bits per heavy atom. The molecule has 1 fully saturated rings. The Morgan fingerprint density at radius 3 is 2.42 bits per heavy atom. The number of hydrogen-bond acceptors (Lipinski definition) is 3. The lowest BCUT2D eigenvalue weighted by Gasteiger charge is -2.38. The average molecular weight is 444 g/mol. The lowest BCUT2D eigenvalue weighted by Crippen LogP contribution is -2.46. The van der Waals surface area contributed by atoms with Gasteiger partial charge in [0.05, 0.1) is 15.4 Å². The van der Waals surface area contributed by atoms with Crippen molar-refractivity contribution in [1.82, 2.24) is 5.32 Å². The number of halogens is 3. The Kier molecular flexibility index (Phi) is 6.83. The molecule has 0 aliphatic heterocycles. The van der Waals surface area contributed by atoms with Gasteiger partial charge in [-0.2, -0.15) is 0 Å². The Morgan fingerprint density at radius 1 is 1.12 bits per heavy atom. The maximum absolute atomic E-state index is 13.3. The second kappa shape index (κ2) is 8.91. The highest BCUT2D eigenvalue weighted by molar-refractivity contribution is 9.11. The molecular weight excluding hydrogens is 420 g/mol. The molecule has 2 N–H and O–H groups in total. The van der Waals surface area contributed by atoms with Crippen LogP contribution in [0.3, 0.4) is 0 Å². The molecule has 1 aromatic heterocycles. The standard InChI is InChI=1S/C20H24BrF2NOS/c21-19-7-6-18(26-19)20(8-2-1-3-9-20)24-13-17(25)5-4-14-10-15(22)12-16(23)11-14/h6-7,10-12,17,24-25H,1-5,8-9,13H2. The summed E-state index contributed by atoms with van der Waals surface area (Å²) in [7, 11) is 0. The highest BCUT2D eigenvalue weighted by Crippen LogP contribution is 2.41. The molecule has 1 atom stereocenters. The zero-order valence-electron chi connectivity index (χ0n) is 14.6. The zero-order chi connectivity index (χ0) is 18.6. The quantitative estimate of drug-likeness (QED) is 0.589. The Balaban J connectivity index is 1.58. The fourth-order valence-electron chi connectivity index (χ4n) is 3.74. The molecule has 0 radical (unpaired) electrons. The summed E-state index contributed by atoms with van der Waals surface area (Å²) < 4.78 is 27.7. The van der Waals surface area contributed by atoms with Crippen LogP contribution in [0.2, 0.25) is 0 Å². The zero-order valence-corrected chi connectivity index (χ0v) is 17.0. The van der Waals surface area contributed by atoms with Gasteiger partial charge in [0, 0.05) is 17.5 Å². The number of rotatable bonds is 7. The summed E-state index contributed by atoms with van der Waals surface area (Å²) >= 11 is 5.29.